The predicted molar refractivity (Wildman–Crippen MR) is 137 cm³/mol. The van der Waals surface area contributed by atoms with E-state index in [4.69, 9.17) is 18.9 Å². The molecule has 0 radical (unpaired) electrons. The van der Waals surface area contributed by atoms with Crippen LogP contribution >= 0.6 is 0 Å². The summed E-state index contributed by atoms with van der Waals surface area (Å²) < 4.78 is 57.3. The van der Waals surface area contributed by atoms with Gasteiger partial charge in [0.1, 0.15) is 11.9 Å². The molecule has 4 rings (SSSR count). The van der Waals surface area contributed by atoms with Gasteiger partial charge in [-0.1, -0.05) is 49.3 Å². The van der Waals surface area contributed by atoms with Crippen LogP contribution in [0.3, 0.4) is 0 Å². The maximum absolute atomic E-state index is 12.0. The van der Waals surface area contributed by atoms with Crippen LogP contribution in [0.25, 0.3) is 0 Å². The third-order valence-electron chi connectivity index (χ3n) is 6.46. The molecule has 2 aromatic carbocycles. The molecule has 2 heterocycles. The van der Waals surface area contributed by atoms with Crippen molar-refractivity contribution < 1.29 is 37.0 Å². The van der Waals surface area contributed by atoms with Gasteiger partial charge in [0.25, 0.3) is 10.1 Å². The number of hydrogen-bond donors (Lipinski definition) is 2. The number of rotatable bonds is 8. The smallest absolute Gasteiger partial charge is 0.294 e. The highest BCUT2D eigenvalue weighted by molar-refractivity contribution is 7.85. The van der Waals surface area contributed by atoms with Gasteiger partial charge in [-0.2, -0.15) is 8.42 Å². The fourth-order valence-corrected chi connectivity index (χ4v) is 5.31. The van der Waals surface area contributed by atoms with Crippen LogP contribution in [0.15, 0.2) is 47.4 Å². The zero-order valence-electron chi connectivity index (χ0n) is 21.6. The first kappa shape index (κ1) is 27.6. The Bertz CT molecular complexity index is 1280. The fraction of sp³-hybridized carbons (Fsp3) is 0.500. The summed E-state index contributed by atoms with van der Waals surface area (Å²) in [6.07, 6.45) is 0.414. The summed E-state index contributed by atoms with van der Waals surface area (Å²) in [5.41, 5.74) is -0.0603. The van der Waals surface area contributed by atoms with E-state index in [1.165, 1.54) is 6.07 Å². The van der Waals surface area contributed by atoms with E-state index in [1.54, 1.807) is 45.0 Å². The number of unbranched alkanes of at least 4 members (excludes halogenated alkanes) is 2. The Balaban J connectivity index is 1.61. The standard InChI is InChI=1S/C28H34O8S/c1-5-6-7-16-33-22-11-9-20(10-12-22)14-15-28(29)24(34-26-25(28)35-27(3,4)36-26)18-21-17-19(2)8-13-23(21)37(30,31)32/h8-13,17,24-26,29H,5-7,16,18H2,1-4H3,(H,30,31,32)/t24?,25-,26+,28+/m0/s1. The van der Waals surface area contributed by atoms with E-state index in [0.29, 0.717) is 17.7 Å². The van der Waals surface area contributed by atoms with Gasteiger partial charge in [-0.3, -0.25) is 4.55 Å². The first-order valence-corrected chi connectivity index (χ1v) is 13.9. The maximum Gasteiger partial charge on any atom is 0.294 e. The summed E-state index contributed by atoms with van der Waals surface area (Å²) in [5, 5.41) is 11.8. The van der Waals surface area contributed by atoms with E-state index < -0.39 is 40.0 Å². The summed E-state index contributed by atoms with van der Waals surface area (Å²) in [4.78, 5) is -0.245. The van der Waals surface area contributed by atoms with Crippen LogP contribution in [-0.4, -0.2) is 54.6 Å². The van der Waals surface area contributed by atoms with E-state index in [1.807, 2.05) is 12.1 Å². The minimum atomic E-state index is -4.48. The molecule has 37 heavy (non-hydrogen) atoms. The lowest BCUT2D eigenvalue weighted by molar-refractivity contribution is -0.221. The van der Waals surface area contributed by atoms with E-state index >= 15 is 0 Å². The number of ether oxygens (including phenoxy) is 4. The fourth-order valence-electron chi connectivity index (χ4n) is 4.60. The second-order valence-electron chi connectivity index (χ2n) is 9.99. The van der Waals surface area contributed by atoms with Gasteiger partial charge >= 0.3 is 0 Å². The van der Waals surface area contributed by atoms with Crippen LogP contribution in [-0.2, 0) is 30.7 Å². The van der Waals surface area contributed by atoms with Gasteiger partial charge in [0.2, 0.25) is 0 Å². The van der Waals surface area contributed by atoms with Crippen molar-refractivity contribution in [2.45, 2.75) is 88.2 Å². The Labute approximate surface area is 218 Å². The number of aryl methyl sites for hydroxylation is 1. The third-order valence-corrected chi connectivity index (χ3v) is 7.41. The number of benzene rings is 2. The summed E-state index contributed by atoms with van der Waals surface area (Å²) in [7, 11) is -4.48. The Morgan fingerprint density at radius 1 is 1.08 bits per heavy atom. The largest absolute Gasteiger partial charge is 0.494 e. The van der Waals surface area contributed by atoms with Crippen molar-refractivity contribution in [3.8, 4) is 17.6 Å². The molecule has 4 atom stereocenters. The summed E-state index contributed by atoms with van der Waals surface area (Å²) in [6.45, 7) is 8.03. The average Bonchev–Trinajstić information content (AvgIpc) is 3.25. The lowest BCUT2D eigenvalue weighted by Gasteiger charge is -2.30. The zero-order valence-corrected chi connectivity index (χ0v) is 22.4. The van der Waals surface area contributed by atoms with Crippen LogP contribution in [0.5, 0.6) is 5.75 Å². The van der Waals surface area contributed by atoms with Crippen LogP contribution in [0.2, 0.25) is 0 Å². The highest BCUT2D eigenvalue weighted by atomic mass is 32.2. The molecule has 2 saturated heterocycles. The molecule has 8 nitrogen and oxygen atoms in total. The molecule has 0 aliphatic carbocycles. The van der Waals surface area contributed by atoms with E-state index in [-0.39, 0.29) is 11.3 Å². The van der Waals surface area contributed by atoms with E-state index in [2.05, 4.69) is 18.8 Å². The monoisotopic (exact) mass is 530 g/mol. The van der Waals surface area contributed by atoms with Crippen molar-refractivity contribution in [1.82, 2.24) is 0 Å². The molecule has 0 amide bonds. The second-order valence-corrected chi connectivity index (χ2v) is 11.4. The quantitative estimate of drug-likeness (QED) is 0.299. The molecule has 2 fully saturated rings. The minimum Gasteiger partial charge on any atom is -0.494 e. The van der Waals surface area contributed by atoms with Gasteiger partial charge in [-0.25, -0.2) is 0 Å². The number of fused-ring (bicyclic) bond motifs is 1. The summed E-state index contributed by atoms with van der Waals surface area (Å²) in [6, 6.07) is 11.8. The van der Waals surface area contributed by atoms with Gasteiger partial charge in [0.05, 0.1) is 11.5 Å². The molecule has 9 heteroatoms. The van der Waals surface area contributed by atoms with Gasteiger partial charge in [0, 0.05) is 12.0 Å². The SMILES string of the molecule is CCCCCOc1ccc(C#C[C@@]2(O)C(Cc3cc(C)ccc3S(=O)(=O)O)O[C@@H]3OC(C)(C)O[C@@H]32)cc1. The van der Waals surface area contributed by atoms with E-state index in [0.717, 1.165) is 30.6 Å². The maximum atomic E-state index is 12.0. The molecule has 2 aromatic rings. The van der Waals surface area contributed by atoms with Crippen molar-refractivity contribution >= 4 is 10.1 Å². The van der Waals surface area contributed by atoms with Crippen molar-refractivity contribution in [1.29, 1.82) is 0 Å². The molecule has 0 saturated carbocycles. The Kier molecular flexibility index (Phi) is 8.00. The lowest BCUT2D eigenvalue weighted by atomic mass is 9.88. The topological polar surface area (TPSA) is 112 Å². The molecule has 2 N–H and O–H groups in total. The molecule has 2 aliphatic heterocycles. The first-order chi connectivity index (χ1) is 17.4. The van der Waals surface area contributed by atoms with Crippen LogP contribution in [0.1, 0.15) is 56.7 Å². The van der Waals surface area contributed by atoms with Crippen LogP contribution < -0.4 is 4.74 Å². The molecular weight excluding hydrogens is 496 g/mol. The van der Waals surface area contributed by atoms with E-state index in [9.17, 15) is 18.1 Å². The summed E-state index contributed by atoms with van der Waals surface area (Å²) >= 11 is 0. The molecule has 200 valence electrons. The minimum absolute atomic E-state index is 0.0350. The highest BCUT2D eigenvalue weighted by Crippen LogP contribution is 2.44. The van der Waals surface area contributed by atoms with Crippen LogP contribution in [0, 0.1) is 18.8 Å². The lowest BCUT2D eigenvalue weighted by Crippen LogP contribution is -2.48. The molecular formula is C28H34O8S. The number of hydrogen-bond acceptors (Lipinski definition) is 7. The van der Waals surface area contributed by atoms with Crippen molar-refractivity contribution in [3.63, 3.8) is 0 Å². The molecule has 1 unspecified atom stereocenters. The number of aliphatic hydroxyl groups is 1. The van der Waals surface area contributed by atoms with Gasteiger partial charge < -0.3 is 24.1 Å². The normalized spacial score (nSPS) is 26.4. The van der Waals surface area contributed by atoms with Gasteiger partial charge in [-0.15, -0.1) is 0 Å². The Hall–Kier alpha value is -2.45. The second kappa shape index (κ2) is 10.7. The van der Waals surface area contributed by atoms with Crippen molar-refractivity contribution in [2.75, 3.05) is 6.61 Å². The summed E-state index contributed by atoms with van der Waals surface area (Å²) in [5.74, 6) is 5.69. The average molecular weight is 531 g/mol. The molecule has 2 aliphatic rings. The molecule has 0 spiro atoms. The Morgan fingerprint density at radius 3 is 2.49 bits per heavy atom. The predicted octanol–water partition coefficient (Wildman–Crippen LogP) is 4.01. The van der Waals surface area contributed by atoms with Crippen LogP contribution in [0.4, 0.5) is 0 Å². The molecule has 0 aromatic heterocycles. The van der Waals surface area contributed by atoms with Crippen molar-refractivity contribution in [2.24, 2.45) is 0 Å². The Morgan fingerprint density at radius 2 is 1.81 bits per heavy atom. The highest BCUT2D eigenvalue weighted by Gasteiger charge is 2.62. The molecule has 0 bridgehead atoms. The third kappa shape index (κ3) is 6.34. The van der Waals surface area contributed by atoms with Gasteiger partial charge in [-0.05, 0) is 63.1 Å². The van der Waals surface area contributed by atoms with Gasteiger partial charge in [0.15, 0.2) is 23.8 Å². The van der Waals surface area contributed by atoms with Crippen molar-refractivity contribution in [3.05, 3.63) is 59.2 Å². The zero-order chi connectivity index (χ0) is 26.8. The first-order valence-electron chi connectivity index (χ1n) is 12.5.